The summed E-state index contributed by atoms with van der Waals surface area (Å²) in [5, 5.41) is 12.4. The maximum atomic E-state index is 12.7. The molecular formula is C20H21N5OS2. The van der Waals surface area contributed by atoms with Crippen molar-refractivity contribution in [1.29, 1.82) is 5.26 Å². The molecule has 6 nitrogen and oxygen atoms in total. The monoisotopic (exact) mass is 411 g/mol. The van der Waals surface area contributed by atoms with Gasteiger partial charge in [-0.3, -0.25) is 15.0 Å². The van der Waals surface area contributed by atoms with Crippen molar-refractivity contribution in [2.24, 2.45) is 0 Å². The molecule has 1 N–H and O–H groups in total. The molecule has 0 saturated heterocycles. The van der Waals surface area contributed by atoms with Gasteiger partial charge in [-0.1, -0.05) is 26.0 Å². The zero-order valence-corrected chi connectivity index (χ0v) is 17.7. The maximum Gasteiger partial charge on any atom is 0.258 e. The first kappa shape index (κ1) is 20.1. The van der Waals surface area contributed by atoms with Crippen molar-refractivity contribution in [3.63, 3.8) is 0 Å². The fourth-order valence-corrected chi connectivity index (χ4v) is 4.36. The lowest BCUT2D eigenvalue weighted by Gasteiger charge is -2.14. The number of hydrogen-bond acceptors (Lipinski definition) is 7. The Bertz CT molecular complexity index is 1010. The Balaban J connectivity index is 1.74. The first-order chi connectivity index (χ1) is 13.5. The molecule has 3 aromatic rings. The zero-order valence-electron chi connectivity index (χ0n) is 16.0. The molecule has 3 rings (SSSR count). The van der Waals surface area contributed by atoms with Crippen molar-refractivity contribution in [2.75, 3.05) is 18.4 Å². The molecule has 28 heavy (non-hydrogen) atoms. The number of carbonyl (C=O) groups excluding carboxylic acids is 1. The largest absolute Gasteiger partial charge is 0.297 e. The van der Waals surface area contributed by atoms with Crippen LogP contribution in [0.1, 0.15) is 40.5 Å². The van der Waals surface area contributed by atoms with Crippen molar-refractivity contribution < 1.29 is 4.79 Å². The van der Waals surface area contributed by atoms with Crippen LogP contribution in [0.2, 0.25) is 0 Å². The fraction of sp³-hybridized carbons (Fsp3) is 0.300. The zero-order chi connectivity index (χ0) is 20.1. The number of thiophene rings is 1. The second-order valence-electron chi connectivity index (χ2n) is 6.20. The van der Waals surface area contributed by atoms with Crippen molar-refractivity contribution in [2.45, 2.75) is 27.3 Å². The number of nitriles is 1. The van der Waals surface area contributed by atoms with E-state index >= 15 is 0 Å². The molecule has 144 valence electrons. The summed E-state index contributed by atoms with van der Waals surface area (Å²) in [5.74, 6) is 0.530. The summed E-state index contributed by atoms with van der Waals surface area (Å²) in [6, 6.07) is 11.4. The van der Waals surface area contributed by atoms with Crippen molar-refractivity contribution in [1.82, 2.24) is 14.3 Å². The van der Waals surface area contributed by atoms with Gasteiger partial charge in [0.05, 0.1) is 23.7 Å². The molecule has 0 unspecified atom stereocenters. The molecule has 8 heteroatoms. The Morgan fingerprint density at radius 3 is 2.79 bits per heavy atom. The number of nitrogens with zero attached hydrogens (tertiary/aromatic N) is 4. The van der Waals surface area contributed by atoms with E-state index < -0.39 is 0 Å². The Labute approximate surface area is 172 Å². The summed E-state index contributed by atoms with van der Waals surface area (Å²) in [4.78, 5) is 21.2. The number of amides is 1. The van der Waals surface area contributed by atoms with Gasteiger partial charge in [0.15, 0.2) is 5.82 Å². The lowest BCUT2D eigenvalue weighted by atomic mass is 10.1. The molecule has 0 aliphatic heterocycles. The van der Waals surface area contributed by atoms with Gasteiger partial charge in [0.25, 0.3) is 5.91 Å². The summed E-state index contributed by atoms with van der Waals surface area (Å²) in [6.07, 6.45) is 0. The van der Waals surface area contributed by atoms with E-state index in [1.807, 2.05) is 31.2 Å². The third-order valence-corrected chi connectivity index (χ3v) is 6.15. The van der Waals surface area contributed by atoms with E-state index in [0.717, 1.165) is 34.2 Å². The minimum atomic E-state index is -0.193. The van der Waals surface area contributed by atoms with Gasteiger partial charge in [0.1, 0.15) is 0 Å². The van der Waals surface area contributed by atoms with Crippen LogP contribution in [0, 0.1) is 18.3 Å². The van der Waals surface area contributed by atoms with E-state index in [-0.39, 0.29) is 5.91 Å². The predicted molar refractivity (Wildman–Crippen MR) is 114 cm³/mol. The average Bonchev–Trinajstić information content (AvgIpc) is 3.32. The lowest BCUT2D eigenvalue weighted by molar-refractivity contribution is 0.102. The highest BCUT2D eigenvalue weighted by Crippen LogP contribution is 2.32. The molecule has 2 aromatic heterocycles. The van der Waals surface area contributed by atoms with Crippen LogP contribution in [0.15, 0.2) is 30.3 Å². The van der Waals surface area contributed by atoms with Crippen LogP contribution < -0.4 is 5.32 Å². The van der Waals surface area contributed by atoms with Gasteiger partial charge in [0.2, 0.25) is 5.13 Å². The quantitative estimate of drug-likeness (QED) is 0.617. The van der Waals surface area contributed by atoms with Gasteiger partial charge in [-0.05, 0) is 43.8 Å². The number of hydrogen-bond donors (Lipinski definition) is 1. The number of benzene rings is 1. The van der Waals surface area contributed by atoms with Gasteiger partial charge in [0, 0.05) is 21.3 Å². The molecule has 0 aliphatic carbocycles. The Kier molecular flexibility index (Phi) is 6.52. The van der Waals surface area contributed by atoms with Crippen molar-refractivity contribution >= 4 is 33.9 Å². The predicted octanol–water partition coefficient (Wildman–Crippen LogP) is 4.54. The lowest BCUT2D eigenvalue weighted by Crippen LogP contribution is -2.22. The molecule has 0 fully saturated rings. The third-order valence-electron chi connectivity index (χ3n) is 4.39. The molecule has 1 aromatic carbocycles. The Morgan fingerprint density at radius 2 is 2.07 bits per heavy atom. The molecule has 0 atom stereocenters. The van der Waals surface area contributed by atoms with Crippen LogP contribution in [0.3, 0.4) is 0 Å². The molecular weight excluding hydrogens is 390 g/mol. The van der Waals surface area contributed by atoms with E-state index in [9.17, 15) is 4.79 Å². The standard InChI is InChI=1S/C20H21N5OS2/c1-4-25(5-2)12-18-22-20(28-24-18)23-19(26)16-10-17(27-13(16)3)15-8-6-7-14(9-15)11-21/h6-10H,4-5,12H2,1-3H3,(H,22,23,24,26). The van der Waals surface area contributed by atoms with Gasteiger partial charge in [-0.25, -0.2) is 4.98 Å². The van der Waals surface area contributed by atoms with Crippen LogP contribution in [0.5, 0.6) is 0 Å². The SMILES string of the molecule is CCN(CC)Cc1nsc(NC(=O)c2cc(-c3cccc(C#N)c3)sc2C)n1. The number of carbonyl (C=O) groups is 1. The van der Waals surface area contributed by atoms with Crippen molar-refractivity contribution in [3.05, 3.63) is 52.2 Å². The third kappa shape index (κ3) is 4.62. The van der Waals surface area contributed by atoms with E-state index in [0.29, 0.717) is 22.8 Å². The second-order valence-corrected chi connectivity index (χ2v) is 8.21. The highest BCUT2D eigenvalue weighted by molar-refractivity contribution is 7.15. The van der Waals surface area contributed by atoms with E-state index in [1.165, 1.54) is 22.9 Å². The summed E-state index contributed by atoms with van der Waals surface area (Å²) in [7, 11) is 0. The molecule has 0 radical (unpaired) electrons. The van der Waals surface area contributed by atoms with Gasteiger partial charge in [-0.15, -0.1) is 11.3 Å². The normalized spacial score (nSPS) is 10.8. The van der Waals surface area contributed by atoms with Crippen LogP contribution in [-0.2, 0) is 6.54 Å². The van der Waals surface area contributed by atoms with Crippen molar-refractivity contribution in [3.8, 4) is 16.5 Å². The molecule has 0 aliphatic rings. The Hall–Kier alpha value is -2.60. The summed E-state index contributed by atoms with van der Waals surface area (Å²) < 4.78 is 4.34. The number of anilines is 1. The highest BCUT2D eigenvalue weighted by atomic mass is 32.1. The van der Waals surface area contributed by atoms with Gasteiger partial charge < -0.3 is 0 Å². The van der Waals surface area contributed by atoms with Gasteiger partial charge >= 0.3 is 0 Å². The average molecular weight is 412 g/mol. The first-order valence-electron chi connectivity index (χ1n) is 9.01. The topological polar surface area (TPSA) is 81.9 Å². The van der Waals surface area contributed by atoms with Crippen LogP contribution in [-0.4, -0.2) is 33.3 Å². The number of rotatable bonds is 7. The Morgan fingerprint density at radius 1 is 1.29 bits per heavy atom. The van der Waals surface area contributed by atoms with Crippen LogP contribution >= 0.6 is 22.9 Å². The van der Waals surface area contributed by atoms with Crippen LogP contribution in [0.4, 0.5) is 5.13 Å². The van der Waals surface area contributed by atoms with E-state index in [4.69, 9.17) is 5.26 Å². The van der Waals surface area contributed by atoms with E-state index in [1.54, 1.807) is 6.07 Å². The van der Waals surface area contributed by atoms with E-state index in [2.05, 4.69) is 39.5 Å². The molecule has 0 saturated carbocycles. The smallest absolute Gasteiger partial charge is 0.258 e. The summed E-state index contributed by atoms with van der Waals surface area (Å²) in [6.45, 7) is 8.66. The van der Waals surface area contributed by atoms with Gasteiger partial charge in [-0.2, -0.15) is 9.64 Å². The number of nitrogens with one attached hydrogen (secondary N) is 1. The number of aryl methyl sites for hydroxylation is 1. The minimum absolute atomic E-state index is 0.193. The minimum Gasteiger partial charge on any atom is -0.297 e. The molecule has 0 bridgehead atoms. The molecule has 2 heterocycles. The number of aromatic nitrogens is 2. The highest BCUT2D eigenvalue weighted by Gasteiger charge is 2.17. The second kappa shape index (κ2) is 9.06. The molecule has 1 amide bonds. The summed E-state index contributed by atoms with van der Waals surface area (Å²) >= 11 is 2.73. The first-order valence-corrected chi connectivity index (χ1v) is 10.6. The summed E-state index contributed by atoms with van der Waals surface area (Å²) in [5.41, 5.74) is 2.15. The molecule has 0 spiro atoms. The fourth-order valence-electron chi connectivity index (χ4n) is 2.77. The van der Waals surface area contributed by atoms with Crippen LogP contribution in [0.25, 0.3) is 10.4 Å². The maximum absolute atomic E-state index is 12.7.